The van der Waals surface area contributed by atoms with Gasteiger partial charge in [-0.2, -0.15) is 0 Å². The topological polar surface area (TPSA) is 51.0 Å². The Balaban J connectivity index is 1.29. The predicted octanol–water partition coefficient (Wildman–Crippen LogP) is 6.32. The van der Waals surface area contributed by atoms with Crippen LogP contribution in [0.5, 0.6) is 0 Å². The molecule has 0 saturated heterocycles. The Morgan fingerprint density at radius 1 is 0.906 bits per heavy atom. The first kappa shape index (κ1) is 19.3. The molecular formula is C25H18N4OS2. The molecule has 5 aromatic rings. The zero-order chi connectivity index (χ0) is 21.5. The van der Waals surface area contributed by atoms with Crippen molar-refractivity contribution in [3.63, 3.8) is 0 Å². The molecule has 0 amide bonds. The number of thioether (sulfide) groups is 1. The van der Waals surface area contributed by atoms with Crippen LogP contribution >= 0.6 is 23.1 Å². The lowest BCUT2D eigenvalue weighted by atomic mass is 10.2. The van der Waals surface area contributed by atoms with E-state index in [1.165, 1.54) is 0 Å². The Hall–Kier alpha value is -3.42. The van der Waals surface area contributed by atoms with Gasteiger partial charge in [-0.3, -0.25) is 14.3 Å². The number of imidazole rings is 1. The van der Waals surface area contributed by atoms with Gasteiger partial charge in [0.25, 0.3) is 0 Å². The third-order valence-electron chi connectivity index (χ3n) is 5.42. The van der Waals surface area contributed by atoms with Crippen molar-refractivity contribution >= 4 is 56.5 Å². The first-order valence-corrected chi connectivity index (χ1v) is 12.0. The second-order valence-electron chi connectivity index (χ2n) is 7.47. The lowest BCUT2D eigenvalue weighted by molar-refractivity contribution is 0.0915. The number of thiophene rings is 1. The van der Waals surface area contributed by atoms with Crippen LogP contribution in [0.15, 0.2) is 96.3 Å². The first-order valence-electron chi connectivity index (χ1n) is 10.3. The zero-order valence-corrected chi connectivity index (χ0v) is 18.6. The van der Waals surface area contributed by atoms with Gasteiger partial charge < -0.3 is 0 Å². The van der Waals surface area contributed by atoms with E-state index < -0.39 is 0 Å². The molecule has 0 aliphatic carbocycles. The van der Waals surface area contributed by atoms with Gasteiger partial charge in [-0.05, 0) is 48.5 Å². The fourth-order valence-electron chi connectivity index (χ4n) is 3.96. The van der Waals surface area contributed by atoms with E-state index in [4.69, 9.17) is 0 Å². The molecule has 0 saturated carbocycles. The molecule has 7 heteroatoms. The number of pyridine rings is 1. The summed E-state index contributed by atoms with van der Waals surface area (Å²) < 4.78 is 1.77. The molecule has 0 N–H and O–H groups in total. The molecule has 6 rings (SSSR count). The molecule has 1 atom stereocenters. The molecule has 32 heavy (non-hydrogen) atoms. The quantitative estimate of drug-likeness (QED) is 0.311. The fourth-order valence-corrected chi connectivity index (χ4v) is 6.32. The van der Waals surface area contributed by atoms with E-state index in [1.54, 1.807) is 33.9 Å². The number of rotatable bonds is 5. The Kier molecular flexibility index (Phi) is 4.78. The number of fused-ring (bicyclic) bond motifs is 3. The lowest BCUT2D eigenvalue weighted by Gasteiger charge is -2.22. The van der Waals surface area contributed by atoms with Gasteiger partial charge in [0.2, 0.25) is 5.91 Å². The van der Waals surface area contributed by atoms with E-state index in [0.717, 1.165) is 37.6 Å². The maximum absolute atomic E-state index is 13.1. The van der Waals surface area contributed by atoms with Crippen LogP contribution in [0.2, 0.25) is 0 Å². The Morgan fingerprint density at radius 2 is 1.72 bits per heavy atom. The minimum Gasteiger partial charge on any atom is -0.286 e. The molecule has 1 aliphatic heterocycles. The summed E-state index contributed by atoms with van der Waals surface area (Å²) in [4.78, 5) is 25.7. The van der Waals surface area contributed by atoms with Crippen LogP contribution in [0.4, 0.5) is 16.5 Å². The smallest absolute Gasteiger partial charge is 0.247 e. The first-order chi connectivity index (χ1) is 15.8. The molecule has 1 unspecified atom stereocenters. The molecule has 2 aromatic carbocycles. The van der Waals surface area contributed by atoms with Crippen molar-refractivity contribution in [1.82, 2.24) is 14.5 Å². The fraction of sp³-hybridized carbons (Fsp3) is 0.0800. The summed E-state index contributed by atoms with van der Waals surface area (Å²) in [5.41, 5.74) is 2.81. The summed E-state index contributed by atoms with van der Waals surface area (Å²) in [6.45, 7) is 0. The van der Waals surface area contributed by atoms with Gasteiger partial charge >= 0.3 is 0 Å². The summed E-state index contributed by atoms with van der Waals surface area (Å²) in [6, 6.07) is 28.2. The largest absolute Gasteiger partial charge is 0.286 e. The van der Waals surface area contributed by atoms with Crippen LogP contribution in [-0.4, -0.2) is 25.7 Å². The van der Waals surface area contributed by atoms with E-state index in [1.807, 2.05) is 60.7 Å². The molecule has 0 spiro atoms. The maximum atomic E-state index is 13.1. The number of anilines is 3. The number of hydrogen-bond donors (Lipinski definition) is 0. The monoisotopic (exact) mass is 454 g/mol. The van der Waals surface area contributed by atoms with Crippen molar-refractivity contribution in [1.29, 1.82) is 0 Å². The molecule has 3 aromatic heterocycles. The number of carbonyl (C=O) groups excluding carboxylic acids is 1. The van der Waals surface area contributed by atoms with Gasteiger partial charge in [-0.15, -0.1) is 11.3 Å². The van der Waals surface area contributed by atoms with Gasteiger partial charge in [-0.1, -0.05) is 48.2 Å². The van der Waals surface area contributed by atoms with Gasteiger partial charge in [0.15, 0.2) is 5.16 Å². The van der Waals surface area contributed by atoms with E-state index in [9.17, 15) is 4.79 Å². The van der Waals surface area contributed by atoms with Gasteiger partial charge in [0, 0.05) is 23.2 Å². The summed E-state index contributed by atoms with van der Waals surface area (Å²) in [7, 11) is 0. The molecule has 1 aliphatic rings. The zero-order valence-electron chi connectivity index (χ0n) is 17.0. The standard InChI is InChI=1S/C25H18N4OS2/c30-24-21(32-25-27-19-10-4-5-11-20(19)29(24)25)16-18-13-14-23(31-18)28(17-8-2-1-3-9-17)22-12-6-7-15-26-22/h1-15,21H,16H2. The highest BCUT2D eigenvalue weighted by atomic mass is 32.2. The third-order valence-corrected chi connectivity index (χ3v) is 7.65. The number of para-hydroxylation sites is 3. The number of aromatic nitrogens is 3. The van der Waals surface area contributed by atoms with Crippen molar-refractivity contribution in [2.24, 2.45) is 0 Å². The third kappa shape index (κ3) is 3.30. The van der Waals surface area contributed by atoms with Crippen molar-refractivity contribution in [3.05, 3.63) is 96.0 Å². The molecule has 156 valence electrons. The average Bonchev–Trinajstić information content (AvgIpc) is 3.51. The van der Waals surface area contributed by atoms with Gasteiger partial charge in [-0.25, -0.2) is 9.97 Å². The van der Waals surface area contributed by atoms with Gasteiger partial charge in [0.05, 0.1) is 16.3 Å². The highest BCUT2D eigenvalue weighted by Gasteiger charge is 2.34. The second kappa shape index (κ2) is 7.93. The van der Waals surface area contributed by atoms with E-state index in [-0.39, 0.29) is 11.2 Å². The van der Waals surface area contributed by atoms with E-state index >= 15 is 0 Å². The Bertz CT molecular complexity index is 1370. The van der Waals surface area contributed by atoms with Crippen molar-refractivity contribution in [2.45, 2.75) is 16.8 Å². The van der Waals surface area contributed by atoms with Crippen LogP contribution in [-0.2, 0) is 6.42 Å². The second-order valence-corrected chi connectivity index (χ2v) is 9.78. The molecule has 0 bridgehead atoms. The highest BCUT2D eigenvalue weighted by Crippen LogP contribution is 2.41. The SMILES string of the molecule is O=C1C(Cc2ccc(N(c3ccccc3)c3ccccn3)s2)Sc2nc3ccccc3n21. The Morgan fingerprint density at radius 3 is 2.56 bits per heavy atom. The lowest BCUT2D eigenvalue weighted by Crippen LogP contribution is -2.19. The highest BCUT2D eigenvalue weighted by molar-refractivity contribution is 8.00. The van der Waals surface area contributed by atoms with E-state index in [0.29, 0.717) is 6.42 Å². The molecule has 4 heterocycles. The van der Waals surface area contributed by atoms with Crippen molar-refractivity contribution < 1.29 is 4.79 Å². The van der Waals surface area contributed by atoms with Crippen LogP contribution < -0.4 is 4.90 Å². The molecule has 0 fully saturated rings. The summed E-state index contributed by atoms with van der Waals surface area (Å²) >= 11 is 3.25. The normalized spacial score (nSPS) is 15.2. The number of hydrogen-bond acceptors (Lipinski definition) is 6. The van der Waals surface area contributed by atoms with Crippen molar-refractivity contribution in [2.75, 3.05) is 4.90 Å². The summed E-state index contributed by atoms with van der Waals surface area (Å²) in [5.74, 6) is 0.975. The number of nitrogens with zero attached hydrogens (tertiary/aromatic N) is 4. The molecular weight excluding hydrogens is 436 g/mol. The summed E-state index contributed by atoms with van der Waals surface area (Å²) in [6.07, 6.45) is 2.48. The molecule has 5 nitrogen and oxygen atoms in total. The van der Waals surface area contributed by atoms with Crippen LogP contribution in [0.3, 0.4) is 0 Å². The predicted molar refractivity (Wildman–Crippen MR) is 131 cm³/mol. The average molecular weight is 455 g/mol. The number of carbonyl (C=O) groups is 1. The minimum absolute atomic E-state index is 0.110. The van der Waals surface area contributed by atoms with Crippen molar-refractivity contribution in [3.8, 4) is 0 Å². The van der Waals surface area contributed by atoms with Crippen LogP contribution in [0.25, 0.3) is 11.0 Å². The number of benzene rings is 2. The van der Waals surface area contributed by atoms with E-state index in [2.05, 4.69) is 39.1 Å². The van der Waals surface area contributed by atoms with Gasteiger partial charge in [0.1, 0.15) is 10.8 Å². The summed E-state index contributed by atoms with van der Waals surface area (Å²) in [5, 5.41) is 1.70. The minimum atomic E-state index is -0.159. The maximum Gasteiger partial charge on any atom is 0.247 e. The Labute approximate surface area is 193 Å². The van der Waals surface area contributed by atoms with Crippen LogP contribution in [0.1, 0.15) is 9.67 Å². The van der Waals surface area contributed by atoms with Crippen LogP contribution in [0, 0.1) is 0 Å². The molecule has 0 radical (unpaired) electrons.